The maximum Gasteiger partial charge on any atom is 0.243 e. The van der Waals surface area contributed by atoms with Crippen molar-refractivity contribution in [1.82, 2.24) is 0 Å². The van der Waals surface area contributed by atoms with E-state index in [4.69, 9.17) is 4.74 Å². The number of nitrogens with one attached hydrogen (secondary N) is 2. The molecule has 0 aliphatic carbocycles. The summed E-state index contributed by atoms with van der Waals surface area (Å²) in [6.45, 7) is 0.620. The molecule has 3 aromatic carbocycles. The molecule has 1 amide bonds. The van der Waals surface area contributed by atoms with Gasteiger partial charge < -0.3 is 15.4 Å². The summed E-state index contributed by atoms with van der Waals surface area (Å²) in [6.07, 6.45) is 0. The van der Waals surface area contributed by atoms with Crippen LogP contribution in [-0.4, -0.2) is 12.5 Å². The van der Waals surface area contributed by atoms with Crippen molar-refractivity contribution in [3.05, 3.63) is 90.2 Å². The first-order valence-electron chi connectivity index (χ1n) is 8.25. The molecule has 0 aromatic heterocycles. The van der Waals surface area contributed by atoms with Crippen LogP contribution < -0.4 is 15.4 Å². The van der Waals surface area contributed by atoms with Gasteiger partial charge in [0.05, 0.1) is 6.54 Å². The van der Waals surface area contributed by atoms with E-state index in [2.05, 4.69) is 10.6 Å². The van der Waals surface area contributed by atoms with Crippen molar-refractivity contribution in [2.24, 2.45) is 0 Å². The summed E-state index contributed by atoms with van der Waals surface area (Å²) in [6, 6.07) is 23.0. The Labute approximate surface area is 151 Å². The number of amides is 1. The fourth-order valence-corrected chi connectivity index (χ4v) is 2.33. The Balaban J connectivity index is 1.45. The van der Waals surface area contributed by atoms with Crippen LogP contribution in [0.2, 0.25) is 0 Å². The zero-order chi connectivity index (χ0) is 18.2. The molecule has 0 bridgehead atoms. The Kier molecular flexibility index (Phi) is 5.83. The van der Waals surface area contributed by atoms with Gasteiger partial charge >= 0.3 is 0 Å². The monoisotopic (exact) mass is 350 g/mol. The summed E-state index contributed by atoms with van der Waals surface area (Å²) in [5.41, 5.74) is 2.47. The summed E-state index contributed by atoms with van der Waals surface area (Å²) in [7, 11) is 0. The molecule has 2 N–H and O–H groups in total. The summed E-state index contributed by atoms with van der Waals surface area (Å²) >= 11 is 0. The number of anilines is 2. The molecule has 0 saturated heterocycles. The van der Waals surface area contributed by atoms with E-state index in [9.17, 15) is 9.18 Å². The lowest BCUT2D eigenvalue weighted by Gasteiger charge is -2.10. The van der Waals surface area contributed by atoms with Crippen molar-refractivity contribution in [2.75, 3.05) is 17.2 Å². The van der Waals surface area contributed by atoms with Gasteiger partial charge in [-0.05, 0) is 54.1 Å². The van der Waals surface area contributed by atoms with Crippen LogP contribution in [0.1, 0.15) is 5.56 Å². The van der Waals surface area contributed by atoms with E-state index in [1.165, 1.54) is 24.3 Å². The molecule has 0 heterocycles. The minimum atomic E-state index is -0.337. The molecule has 3 rings (SSSR count). The van der Waals surface area contributed by atoms with Gasteiger partial charge in [-0.3, -0.25) is 4.79 Å². The fourth-order valence-electron chi connectivity index (χ4n) is 2.33. The van der Waals surface area contributed by atoms with Gasteiger partial charge in [0, 0.05) is 11.4 Å². The van der Waals surface area contributed by atoms with Gasteiger partial charge in [0.25, 0.3) is 0 Å². The smallest absolute Gasteiger partial charge is 0.243 e. The van der Waals surface area contributed by atoms with E-state index in [1.54, 1.807) is 0 Å². The second-order valence-corrected chi connectivity index (χ2v) is 5.71. The first-order chi connectivity index (χ1) is 12.7. The average Bonchev–Trinajstić information content (AvgIpc) is 2.68. The Morgan fingerprint density at radius 1 is 0.846 bits per heavy atom. The number of rotatable bonds is 7. The van der Waals surface area contributed by atoms with Crippen LogP contribution in [0.4, 0.5) is 15.8 Å². The lowest BCUT2D eigenvalue weighted by atomic mass is 10.2. The molecule has 0 saturated carbocycles. The SMILES string of the molecule is O=C(CNc1ccc(OCc2ccccc2)cc1)Nc1ccc(F)cc1. The van der Waals surface area contributed by atoms with Gasteiger partial charge in [-0.2, -0.15) is 0 Å². The quantitative estimate of drug-likeness (QED) is 0.662. The summed E-state index contributed by atoms with van der Waals surface area (Å²) < 4.78 is 18.6. The first-order valence-corrected chi connectivity index (χ1v) is 8.25. The molecule has 4 nitrogen and oxygen atoms in total. The highest BCUT2D eigenvalue weighted by Gasteiger charge is 2.03. The van der Waals surface area contributed by atoms with Gasteiger partial charge in [-0.15, -0.1) is 0 Å². The van der Waals surface area contributed by atoms with Gasteiger partial charge in [-0.25, -0.2) is 4.39 Å². The Morgan fingerprint density at radius 3 is 2.19 bits per heavy atom. The van der Waals surface area contributed by atoms with Crippen LogP contribution in [0.3, 0.4) is 0 Å². The maximum atomic E-state index is 12.8. The summed E-state index contributed by atoms with van der Waals surface area (Å²) in [5.74, 6) is 0.215. The van der Waals surface area contributed by atoms with E-state index in [1.807, 2.05) is 54.6 Å². The van der Waals surface area contributed by atoms with Crippen molar-refractivity contribution < 1.29 is 13.9 Å². The van der Waals surface area contributed by atoms with Crippen LogP contribution in [-0.2, 0) is 11.4 Å². The van der Waals surface area contributed by atoms with Crippen LogP contribution in [0, 0.1) is 5.82 Å². The third kappa shape index (κ3) is 5.34. The number of benzene rings is 3. The summed E-state index contributed by atoms with van der Waals surface area (Å²) in [4.78, 5) is 11.9. The molecule has 0 spiro atoms. The second-order valence-electron chi connectivity index (χ2n) is 5.71. The van der Waals surface area contributed by atoms with Gasteiger partial charge in [0.1, 0.15) is 18.2 Å². The molecule has 5 heteroatoms. The van der Waals surface area contributed by atoms with Crippen molar-refractivity contribution >= 4 is 17.3 Å². The van der Waals surface area contributed by atoms with E-state index < -0.39 is 0 Å². The van der Waals surface area contributed by atoms with Crippen LogP contribution in [0.15, 0.2) is 78.9 Å². The first kappa shape index (κ1) is 17.5. The maximum absolute atomic E-state index is 12.8. The highest BCUT2D eigenvalue weighted by atomic mass is 19.1. The number of carbonyl (C=O) groups excluding carboxylic acids is 1. The molecule has 0 aliphatic rings. The molecule has 26 heavy (non-hydrogen) atoms. The molecular formula is C21H19FN2O2. The number of carbonyl (C=O) groups is 1. The van der Waals surface area contributed by atoms with Crippen molar-refractivity contribution in [2.45, 2.75) is 6.61 Å². The highest BCUT2D eigenvalue weighted by Crippen LogP contribution is 2.17. The molecule has 0 aliphatic heterocycles. The molecule has 0 unspecified atom stereocenters. The van der Waals surface area contributed by atoms with E-state index in [-0.39, 0.29) is 18.3 Å². The molecule has 0 radical (unpaired) electrons. The Hall–Kier alpha value is -3.34. The Bertz CT molecular complexity index is 834. The van der Waals surface area contributed by atoms with Crippen molar-refractivity contribution in [3.8, 4) is 5.75 Å². The predicted molar refractivity (Wildman–Crippen MR) is 101 cm³/mol. The number of hydrogen-bond donors (Lipinski definition) is 2. The van der Waals surface area contributed by atoms with Crippen LogP contribution >= 0.6 is 0 Å². The van der Waals surface area contributed by atoms with Gasteiger partial charge in [0.2, 0.25) is 5.91 Å². The third-order valence-electron chi connectivity index (χ3n) is 3.68. The molecule has 132 valence electrons. The lowest BCUT2D eigenvalue weighted by Crippen LogP contribution is -2.21. The largest absolute Gasteiger partial charge is 0.489 e. The van der Waals surface area contributed by atoms with E-state index in [0.29, 0.717) is 12.3 Å². The van der Waals surface area contributed by atoms with E-state index in [0.717, 1.165) is 17.0 Å². The number of ether oxygens (including phenoxy) is 1. The molecule has 0 atom stereocenters. The topological polar surface area (TPSA) is 50.4 Å². The minimum absolute atomic E-state index is 0.113. The van der Waals surface area contributed by atoms with E-state index >= 15 is 0 Å². The average molecular weight is 350 g/mol. The highest BCUT2D eigenvalue weighted by molar-refractivity contribution is 5.93. The summed E-state index contributed by atoms with van der Waals surface area (Å²) in [5, 5.41) is 5.73. The van der Waals surface area contributed by atoms with Crippen LogP contribution in [0.25, 0.3) is 0 Å². The van der Waals surface area contributed by atoms with Crippen LogP contribution in [0.5, 0.6) is 5.75 Å². The van der Waals surface area contributed by atoms with Gasteiger partial charge in [0.15, 0.2) is 0 Å². The van der Waals surface area contributed by atoms with Gasteiger partial charge in [-0.1, -0.05) is 30.3 Å². The zero-order valence-corrected chi connectivity index (χ0v) is 14.1. The number of halogens is 1. The fraction of sp³-hybridized carbons (Fsp3) is 0.0952. The second kappa shape index (κ2) is 8.67. The Morgan fingerprint density at radius 2 is 1.50 bits per heavy atom. The van der Waals surface area contributed by atoms with Crippen molar-refractivity contribution in [1.29, 1.82) is 0 Å². The normalized spacial score (nSPS) is 10.2. The molecule has 0 fully saturated rings. The van der Waals surface area contributed by atoms with Crippen molar-refractivity contribution in [3.63, 3.8) is 0 Å². The minimum Gasteiger partial charge on any atom is -0.489 e. The molecular weight excluding hydrogens is 331 g/mol. The lowest BCUT2D eigenvalue weighted by molar-refractivity contribution is -0.114. The standard InChI is InChI=1S/C21H19FN2O2/c22-17-6-8-19(9-7-17)24-21(25)14-23-18-10-12-20(13-11-18)26-15-16-4-2-1-3-5-16/h1-13,23H,14-15H2,(H,24,25). The molecule has 3 aromatic rings. The third-order valence-corrected chi connectivity index (χ3v) is 3.68. The zero-order valence-electron chi connectivity index (χ0n) is 14.1. The number of hydrogen-bond acceptors (Lipinski definition) is 3. The predicted octanol–water partition coefficient (Wildman–Crippen LogP) is 4.46.